The molecule has 0 aromatic heterocycles. The van der Waals surface area contributed by atoms with Crippen LogP contribution in [0.4, 0.5) is 0 Å². The number of benzene rings is 2. The highest BCUT2D eigenvalue weighted by atomic mass is 16.5. The molecule has 0 N–H and O–H groups in total. The van der Waals surface area contributed by atoms with Gasteiger partial charge in [0, 0.05) is 49.8 Å². The summed E-state index contributed by atoms with van der Waals surface area (Å²) in [6.07, 6.45) is 0.987. The first-order valence-electron chi connectivity index (χ1n) is 9.68. The summed E-state index contributed by atoms with van der Waals surface area (Å²) < 4.78 is 16.4. The van der Waals surface area contributed by atoms with E-state index in [9.17, 15) is 4.79 Å². The van der Waals surface area contributed by atoms with E-state index in [1.807, 2.05) is 17.0 Å². The fraction of sp³-hybridized carbons (Fsp3) is 0.409. The second kappa shape index (κ2) is 8.10. The first kappa shape index (κ1) is 18.6. The third-order valence-electron chi connectivity index (χ3n) is 5.60. The van der Waals surface area contributed by atoms with Crippen molar-refractivity contribution in [2.45, 2.75) is 12.5 Å². The molecule has 0 radical (unpaired) electrons. The molecule has 1 amide bonds. The smallest absolute Gasteiger partial charge is 0.254 e. The van der Waals surface area contributed by atoms with Crippen LogP contribution in [0.3, 0.4) is 0 Å². The van der Waals surface area contributed by atoms with Crippen LogP contribution in [0, 0.1) is 0 Å². The molecule has 0 aliphatic carbocycles. The number of hydrogen-bond donors (Lipinski definition) is 0. The normalized spacial score (nSPS) is 19.5. The molecule has 0 saturated carbocycles. The Balaban J connectivity index is 1.43. The average molecular weight is 382 g/mol. The number of ether oxygens (including phenoxy) is 3. The number of methoxy groups -OCH3 is 2. The molecule has 1 saturated heterocycles. The number of carbonyl (C=O) groups excluding carboxylic acids is 1. The minimum absolute atomic E-state index is 0.0352. The van der Waals surface area contributed by atoms with E-state index in [2.05, 4.69) is 17.0 Å². The summed E-state index contributed by atoms with van der Waals surface area (Å²) in [6, 6.07) is 14.0. The lowest BCUT2D eigenvalue weighted by atomic mass is 9.98. The fourth-order valence-corrected chi connectivity index (χ4v) is 4.09. The largest absolute Gasteiger partial charge is 0.493 e. The molecule has 2 aliphatic heterocycles. The van der Waals surface area contributed by atoms with Gasteiger partial charge in [0.15, 0.2) is 11.5 Å². The molecule has 1 atom stereocenters. The maximum Gasteiger partial charge on any atom is 0.254 e. The maximum atomic E-state index is 12.9. The van der Waals surface area contributed by atoms with Gasteiger partial charge in [0.05, 0.1) is 20.8 Å². The van der Waals surface area contributed by atoms with E-state index in [0.29, 0.717) is 36.2 Å². The minimum Gasteiger partial charge on any atom is -0.493 e. The van der Waals surface area contributed by atoms with Crippen molar-refractivity contribution in [2.24, 2.45) is 0 Å². The van der Waals surface area contributed by atoms with Gasteiger partial charge < -0.3 is 19.1 Å². The SMILES string of the molecule is COc1ccc(C(=O)N2CCN(C3CCOc4ccccc43)CC2)cc1OC. The molecule has 0 bridgehead atoms. The standard InChI is InChI=1S/C22H26N2O4/c1-26-20-8-7-16(15-21(20)27-2)22(25)24-12-10-23(11-13-24)18-9-14-28-19-6-4-3-5-17(18)19/h3-8,15,18H,9-14H2,1-2H3. The van der Waals surface area contributed by atoms with Crippen LogP contribution in [0.1, 0.15) is 28.4 Å². The van der Waals surface area contributed by atoms with Gasteiger partial charge in [-0.2, -0.15) is 0 Å². The Hall–Kier alpha value is -2.73. The molecule has 2 aromatic carbocycles. The summed E-state index contributed by atoms with van der Waals surface area (Å²) in [4.78, 5) is 17.3. The highest BCUT2D eigenvalue weighted by Crippen LogP contribution is 2.36. The quantitative estimate of drug-likeness (QED) is 0.814. The van der Waals surface area contributed by atoms with Crippen molar-refractivity contribution in [3.8, 4) is 17.2 Å². The van der Waals surface area contributed by atoms with Crippen molar-refractivity contribution in [1.29, 1.82) is 0 Å². The molecule has 2 heterocycles. The van der Waals surface area contributed by atoms with Gasteiger partial charge in [-0.1, -0.05) is 18.2 Å². The lowest BCUT2D eigenvalue weighted by molar-refractivity contribution is 0.0510. The average Bonchev–Trinajstić information content (AvgIpc) is 2.77. The number of carbonyl (C=O) groups is 1. The summed E-state index contributed by atoms with van der Waals surface area (Å²) in [5.41, 5.74) is 1.89. The zero-order valence-electron chi connectivity index (χ0n) is 16.4. The van der Waals surface area contributed by atoms with Crippen LogP contribution in [-0.2, 0) is 0 Å². The van der Waals surface area contributed by atoms with E-state index in [1.165, 1.54) is 5.56 Å². The van der Waals surface area contributed by atoms with E-state index >= 15 is 0 Å². The number of hydrogen-bond acceptors (Lipinski definition) is 5. The van der Waals surface area contributed by atoms with Crippen molar-refractivity contribution in [3.63, 3.8) is 0 Å². The Morgan fingerprint density at radius 1 is 1.00 bits per heavy atom. The molecular weight excluding hydrogens is 356 g/mol. The summed E-state index contributed by atoms with van der Waals surface area (Å²) in [6.45, 7) is 3.89. The Morgan fingerprint density at radius 2 is 1.75 bits per heavy atom. The molecule has 148 valence electrons. The summed E-state index contributed by atoms with van der Waals surface area (Å²) in [5.74, 6) is 2.23. The third kappa shape index (κ3) is 3.52. The predicted octanol–water partition coefficient (Wildman–Crippen LogP) is 2.99. The molecule has 1 fully saturated rings. The van der Waals surface area contributed by atoms with Gasteiger partial charge in [-0.05, 0) is 24.3 Å². The van der Waals surface area contributed by atoms with Crippen LogP contribution < -0.4 is 14.2 Å². The summed E-state index contributed by atoms with van der Waals surface area (Å²) in [7, 11) is 3.17. The van der Waals surface area contributed by atoms with Crippen molar-refractivity contribution in [3.05, 3.63) is 53.6 Å². The number of piperazine rings is 1. The predicted molar refractivity (Wildman–Crippen MR) is 106 cm³/mol. The Bertz CT molecular complexity index is 846. The van der Waals surface area contributed by atoms with Crippen LogP contribution in [-0.4, -0.2) is 62.7 Å². The number of rotatable bonds is 4. The number of para-hydroxylation sites is 1. The van der Waals surface area contributed by atoms with Gasteiger partial charge in [0.2, 0.25) is 0 Å². The molecule has 4 rings (SSSR count). The molecule has 2 aromatic rings. The highest BCUT2D eigenvalue weighted by Gasteiger charge is 2.31. The lowest BCUT2D eigenvalue weighted by Gasteiger charge is -2.41. The number of amides is 1. The first-order chi connectivity index (χ1) is 13.7. The maximum absolute atomic E-state index is 12.9. The number of fused-ring (bicyclic) bond motifs is 1. The monoisotopic (exact) mass is 382 g/mol. The van der Waals surface area contributed by atoms with E-state index < -0.39 is 0 Å². The van der Waals surface area contributed by atoms with Gasteiger partial charge in [0.1, 0.15) is 5.75 Å². The molecular formula is C22H26N2O4. The third-order valence-corrected chi connectivity index (χ3v) is 5.60. The van der Waals surface area contributed by atoms with E-state index in [1.54, 1.807) is 32.4 Å². The van der Waals surface area contributed by atoms with Gasteiger partial charge in [-0.25, -0.2) is 0 Å². The van der Waals surface area contributed by atoms with Crippen LogP contribution >= 0.6 is 0 Å². The molecule has 6 heteroatoms. The molecule has 28 heavy (non-hydrogen) atoms. The van der Waals surface area contributed by atoms with Crippen LogP contribution in [0.15, 0.2) is 42.5 Å². The molecule has 0 spiro atoms. The molecule has 6 nitrogen and oxygen atoms in total. The van der Waals surface area contributed by atoms with Gasteiger partial charge in [0.25, 0.3) is 5.91 Å². The van der Waals surface area contributed by atoms with E-state index in [-0.39, 0.29) is 5.91 Å². The van der Waals surface area contributed by atoms with Crippen LogP contribution in [0.5, 0.6) is 17.2 Å². The topological polar surface area (TPSA) is 51.2 Å². The summed E-state index contributed by atoms with van der Waals surface area (Å²) in [5, 5.41) is 0. The fourth-order valence-electron chi connectivity index (χ4n) is 4.09. The first-order valence-corrected chi connectivity index (χ1v) is 9.68. The Morgan fingerprint density at radius 3 is 2.50 bits per heavy atom. The highest BCUT2D eigenvalue weighted by molar-refractivity contribution is 5.95. The zero-order valence-corrected chi connectivity index (χ0v) is 16.4. The second-order valence-electron chi connectivity index (χ2n) is 7.09. The minimum atomic E-state index is 0.0352. The van der Waals surface area contributed by atoms with Crippen molar-refractivity contribution in [1.82, 2.24) is 9.80 Å². The van der Waals surface area contributed by atoms with Crippen LogP contribution in [0.2, 0.25) is 0 Å². The van der Waals surface area contributed by atoms with E-state index in [0.717, 1.165) is 31.9 Å². The van der Waals surface area contributed by atoms with Gasteiger partial charge in [-0.3, -0.25) is 9.69 Å². The van der Waals surface area contributed by atoms with Crippen molar-refractivity contribution < 1.29 is 19.0 Å². The van der Waals surface area contributed by atoms with Gasteiger partial charge >= 0.3 is 0 Å². The second-order valence-corrected chi connectivity index (χ2v) is 7.09. The molecule has 2 aliphatic rings. The van der Waals surface area contributed by atoms with E-state index in [4.69, 9.17) is 14.2 Å². The van der Waals surface area contributed by atoms with Crippen LogP contribution in [0.25, 0.3) is 0 Å². The van der Waals surface area contributed by atoms with Crippen molar-refractivity contribution in [2.75, 3.05) is 47.0 Å². The lowest BCUT2D eigenvalue weighted by Crippen LogP contribution is -2.50. The Kier molecular flexibility index (Phi) is 5.39. The number of nitrogens with zero attached hydrogens (tertiary/aromatic N) is 2. The Labute approximate surface area is 165 Å². The molecule has 1 unspecified atom stereocenters. The van der Waals surface area contributed by atoms with Crippen molar-refractivity contribution >= 4 is 5.91 Å². The zero-order chi connectivity index (χ0) is 19.5. The van der Waals surface area contributed by atoms with Gasteiger partial charge in [-0.15, -0.1) is 0 Å². The summed E-state index contributed by atoms with van der Waals surface area (Å²) >= 11 is 0.